The molecule has 1 unspecified atom stereocenters. The van der Waals surface area contributed by atoms with Gasteiger partial charge in [0.15, 0.2) is 5.52 Å². The Balaban J connectivity index is 1.90. The van der Waals surface area contributed by atoms with Crippen molar-refractivity contribution in [3.8, 4) is 11.3 Å². The fourth-order valence-electron chi connectivity index (χ4n) is 4.88. The van der Waals surface area contributed by atoms with Crippen LogP contribution in [0.5, 0.6) is 0 Å². The fraction of sp³-hybridized carbons (Fsp3) is 0.308. The highest BCUT2D eigenvalue weighted by molar-refractivity contribution is 7.73. The van der Waals surface area contributed by atoms with Crippen molar-refractivity contribution >= 4 is 40.2 Å². The maximum atomic E-state index is 4.85. The van der Waals surface area contributed by atoms with Gasteiger partial charge in [-0.3, -0.25) is 0 Å². The smallest absolute Gasteiger partial charge is 0.232 e. The molecule has 0 N–H and O–H groups in total. The van der Waals surface area contributed by atoms with Crippen molar-refractivity contribution < 1.29 is 4.57 Å². The number of hydrogen-bond acceptors (Lipinski definition) is 1. The van der Waals surface area contributed by atoms with Crippen molar-refractivity contribution in [1.29, 1.82) is 0 Å². The molecule has 3 aromatic carbocycles. The molecule has 1 aliphatic heterocycles. The van der Waals surface area contributed by atoms with Gasteiger partial charge in [-0.2, -0.15) is 0 Å². The van der Waals surface area contributed by atoms with Gasteiger partial charge in [0.05, 0.1) is 12.4 Å². The quantitative estimate of drug-likeness (QED) is 0.319. The Bertz CT molecular complexity index is 1300. The van der Waals surface area contributed by atoms with E-state index in [2.05, 4.69) is 88.4 Å². The number of benzene rings is 3. The van der Waals surface area contributed by atoms with E-state index in [1.165, 1.54) is 49.2 Å². The molecular weight excluding hydrogens is 371 g/mol. The summed E-state index contributed by atoms with van der Waals surface area (Å²) in [5.41, 5.74) is 6.94. The average Bonchev–Trinajstić information content (AvgIpc) is 2.66. The second-order valence-electron chi connectivity index (χ2n) is 9.63. The van der Waals surface area contributed by atoms with Crippen LogP contribution in [0.2, 0.25) is 0 Å². The van der Waals surface area contributed by atoms with Crippen molar-refractivity contribution in [2.45, 2.75) is 34.1 Å². The van der Waals surface area contributed by atoms with E-state index in [9.17, 15) is 0 Å². The van der Waals surface area contributed by atoms with Gasteiger partial charge in [0.2, 0.25) is 0 Å². The Morgan fingerprint density at radius 2 is 1.79 bits per heavy atom. The lowest BCUT2D eigenvalue weighted by Crippen LogP contribution is -2.37. The average molecular weight is 399 g/mol. The lowest BCUT2D eigenvalue weighted by atomic mass is 9.87. The van der Waals surface area contributed by atoms with Gasteiger partial charge >= 0.3 is 0 Å². The van der Waals surface area contributed by atoms with Gasteiger partial charge in [0, 0.05) is 5.56 Å². The van der Waals surface area contributed by atoms with Crippen LogP contribution in [0.15, 0.2) is 48.8 Å². The molecule has 0 saturated heterocycles. The molecule has 1 aliphatic rings. The van der Waals surface area contributed by atoms with E-state index in [-0.39, 0.29) is 5.41 Å². The molecule has 0 saturated carbocycles. The van der Waals surface area contributed by atoms with Crippen LogP contribution in [-0.2, 0) is 13.5 Å². The van der Waals surface area contributed by atoms with Gasteiger partial charge in [0.1, 0.15) is 5.69 Å². The molecule has 5 rings (SSSR count). The van der Waals surface area contributed by atoms with Crippen molar-refractivity contribution in [3.63, 3.8) is 0 Å². The van der Waals surface area contributed by atoms with Crippen molar-refractivity contribution in [2.24, 2.45) is 12.5 Å². The highest BCUT2D eigenvalue weighted by Crippen LogP contribution is 2.45. The second kappa shape index (κ2) is 6.34. The number of hydrogen-bond donors (Lipinski definition) is 0. The topological polar surface area (TPSA) is 16.8 Å². The van der Waals surface area contributed by atoms with E-state index in [0.717, 1.165) is 11.9 Å². The summed E-state index contributed by atoms with van der Waals surface area (Å²) in [5, 5.41) is 7.04. The van der Waals surface area contributed by atoms with Gasteiger partial charge in [0.25, 0.3) is 6.33 Å². The molecule has 2 heterocycles. The summed E-state index contributed by atoms with van der Waals surface area (Å²) in [4.78, 5) is 4.85. The van der Waals surface area contributed by atoms with Gasteiger partial charge in [-0.15, -0.1) is 0 Å². The number of fused-ring (bicyclic) bond motifs is 3. The van der Waals surface area contributed by atoms with Crippen LogP contribution in [-0.4, -0.2) is 11.6 Å². The summed E-state index contributed by atoms with van der Waals surface area (Å²) >= 11 is 0. The minimum absolute atomic E-state index is 0.262. The lowest BCUT2D eigenvalue weighted by molar-refractivity contribution is -0.662. The first-order valence-corrected chi connectivity index (χ1v) is 12.1. The maximum Gasteiger partial charge on any atom is 0.287 e. The third kappa shape index (κ3) is 2.89. The third-order valence-corrected chi connectivity index (χ3v) is 8.25. The normalized spacial score (nSPS) is 15.7. The monoisotopic (exact) mass is 399 g/mol. The molecule has 0 spiro atoms. The van der Waals surface area contributed by atoms with Crippen LogP contribution < -0.4 is 15.2 Å². The Morgan fingerprint density at radius 3 is 2.55 bits per heavy atom. The number of aromatic nitrogens is 2. The van der Waals surface area contributed by atoms with Crippen molar-refractivity contribution in [1.82, 2.24) is 4.98 Å². The van der Waals surface area contributed by atoms with Crippen LogP contribution in [0.25, 0.3) is 32.9 Å². The first kappa shape index (κ1) is 18.7. The molecule has 0 radical (unpaired) electrons. The summed E-state index contributed by atoms with van der Waals surface area (Å²) in [5.74, 6) is 0. The van der Waals surface area contributed by atoms with Crippen molar-refractivity contribution in [3.05, 3.63) is 59.9 Å². The van der Waals surface area contributed by atoms with Gasteiger partial charge in [-0.1, -0.05) is 45.0 Å². The summed E-state index contributed by atoms with van der Waals surface area (Å²) in [6.07, 6.45) is 3.06. The predicted octanol–water partition coefficient (Wildman–Crippen LogP) is 5.15. The van der Waals surface area contributed by atoms with Crippen molar-refractivity contribution in [2.75, 3.05) is 6.66 Å². The summed E-state index contributed by atoms with van der Waals surface area (Å²) in [7, 11) is 1.71. The molecule has 0 fully saturated rings. The molecule has 1 atom stereocenters. The molecule has 1 aromatic heterocycles. The minimum Gasteiger partial charge on any atom is -0.232 e. The molecule has 29 heavy (non-hydrogen) atoms. The molecule has 3 heteroatoms. The summed E-state index contributed by atoms with van der Waals surface area (Å²) < 4.78 is 2.22. The molecule has 0 bridgehead atoms. The van der Waals surface area contributed by atoms with E-state index >= 15 is 0 Å². The van der Waals surface area contributed by atoms with E-state index in [4.69, 9.17) is 4.98 Å². The molecular formula is C26H28N2P+. The first-order valence-electron chi connectivity index (χ1n) is 10.3. The second-order valence-corrected chi connectivity index (χ2v) is 11.7. The van der Waals surface area contributed by atoms with Gasteiger partial charge in [-0.25, -0.2) is 4.57 Å². The number of rotatable bonds is 1. The highest BCUT2D eigenvalue weighted by atomic mass is 31.1. The van der Waals surface area contributed by atoms with Crippen LogP contribution in [0.4, 0.5) is 0 Å². The number of nitrogens with zero attached hydrogens (tertiary/aromatic N) is 2. The van der Waals surface area contributed by atoms with Gasteiger partial charge < -0.3 is 0 Å². The minimum atomic E-state index is -0.426. The third-order valence-electron chi connectivity index (χ3n) is 6.10. The van der Waals surface area contributed by atoms with Crippen LogP contribution in [0, 0.1) is 12.3 Å². The SMILES string of the molecule is Cc1c2c(cc3ccccc13)P(C)c1cc(CC(C)(C)C)cc3nc[n+](C)c-2c13. The predicted molar refractivity (Wildman–Crippen MR) is 126 cm³/mol. The van der Waals surface area contributed by atoms with Gasteiger partial charge in [-0.05, 0) is 89.0 Å². The van der Waals surface area contributed by atoms with E-state index in [1.54, 1.807) is 0 Å². The molecule has 4 aromatic rings. The lowest BCUT2D eigenvalue weighted by Gasteiger charge is -2.28. The molecule has 0 amide bonds. The van der Waals surface area contributed by atoms with Crippen LogP contribution in [0.1, 0.15) is 31.9 Å². The number of aryl methyl sites for hydroxylation is 2. The summed E-state index contributed by atoms with van der Waals surface area (Å²) in [6.45, 7) is 11.6. The Kier molecular flexibility index (Phi) is 4.09. The zero-order chi connectivity index (χ0) is 20.5. The molecule has 146 valence electrons. The van der Waals surface area contributed by atoms with E-state index in [1.807, 2.05) is 6.33 Å². The Hall–Kier alpha value is -2.31. The largest absolute Gasteiger partial charge is 0.287 e. The molecule has 0 aliphatic carbocycles. The highest BCUT2D eigenvalue weighted by Gasteiger charge is 2.32. The van der Waals surface area contributed by atoms with Crippen LogP contribution in [0.3, 0.4) is 0 Å². The van der Waals surface area contributed by atoms with Crippen LogP contribution >= 0.6 is 7.92 Å². The zero-order valence-corrected chi connectivity index (χ0v) is 19.1. The zero-order valence-electron chi connectivity index (χ0n) is 18.2. The first-order chi connectivity index (χ1) is 13.7. The fourth-order valence-corrected chi connectivity index (χ4v) is 7.00. The Morgan fingerprint density at radius 1 is 1.03 bits per heavy atom. The maximum absolute atomic E-state index is 4.85. The van der Waals surface area contributed by atoms with E-state index in [0.29, 0.717) is 0 Å². The summed E-state index contributed by atoms with van der Waals surface area (Å²) in [6, 6.07) is 16.0. The van der Waals surface area contributed by atoms with E-state index < -0.39 is 7.92 Å². The molecule has 2 nitrogen and oxygen atoms in total. The Labute approximate surface area is 174 Å². The standard InChI is InChI=1S/C26H28N2P/c1-16-19-10-8-7-9-18(19)13-22-23(16)25-24-20(27-15-28(25)5)11-17(14-26(2,3)4)12-21(24)29(22)6/h7-13,15H,14H2,1-6H3/q+1.